The number of benzene rings is 1. The molecule has 4 heteroatoms. The minimum Gasteiger partial charge on any atom is -0.339 e. The third kappa shape index (κ3) is 2.58. The van der Waals surface area contributed by atoms with Gasteiger partial charge in [-0.25, -0.2) is 9.97 Å². The van der Waals surface area contributed by atoms with Gasteiger partial charge in [-0.05, 0) is 31.5 Å². The molecular formula is C13H12N4. The Morgan fingerprint density at radius 1 is 1.29 bits per heavy atom. The molecule has 0 aliphatic carbocycles. The van der Waals surface area contributed by atoms with E-state index in [1.54, 1.807) is 6.92 Å². The van der Waals surface area contributed by atoms with Crippen molar-refractivity contribution in [3.8, 4) is 6.07 Å². The van der Waals surface area contributed by atoms with Crippen LogP contribution >= 0.6 is 0 Å². The van der Waals surface area contributed by atoms with Crippen molar-refractivity contribution >= 4 is 11.5 Å². The topological polar surface area (TPSA) is 61.6 Å². The number of nitrogens with zero attached hydrogens (tertiary/aromatic N) is 3. The van der Waals surface area contributed by atoms with Gasteiger partial charge in [-0.2, -0.15) is 5.26 Å². The molecule has 1 aromatic carbocycles. The lowest BCUT2D eigenvalue weighted by Crippen LogP contribution is -2.00. The van der Waals surface area contributed by atoms with Gasteiger partial charge in [0.25, 0.3) is 0 Å². The Kier molecular flexibility index (Phi) is 3.01. The number of anilines is 2. The molecule has 0 fully saturated rings. The highest BCUT2D eigenvalue weighted by molar-refractivity contribution is 5.62. The highest BCUT2D eigenvalue weighted by atomic mass is 15.0. The third-order valence-corrected chi connectivity index (χ3v) is 2.31. The second kappa shape index (κ2) is 4.62. The van der Waals surface area contributed by atoms with Gasteiger partial charge < -0.3 is 5.32 Å². The van der Waals surface area contributed by atoms with Crippen LogP contribution in [-0.2, 0) is 0 Å². The fraction of sp³-hybridized carbons (Fsp3) is 0.154. The summed E-state index contributed by atoms with van der Waals surface area (Å²) in [6, 6.07) is 9.98. The van der Waals surface area contributed by atoms with E-state index in [2.05, 4.69) is 21.4 Å². The van der Waals surface area contributed by atoms with E-state index in [0.717, 1.165) is 11.3 Å². The standard InChI is InChI=1S/C13H12N4/c1-9-4-3-5-12(6-9)17-13-11(7-14)8-15-10(2)16-13/h3-6,8H,1-2H3,(H,15,16,17). The molecule has 0 atom stereocenters. The minimum absolute atomic E-state index is 0.442. The Labute approximate surface area is 100.0 Å². The van der Waals surface area contributed by atoms with E-state index in [4.69, 9.17) is 5.26 Å². The second-order valence-corrected chi connectivity index (χ2v) is 3.79. The van der Waals surface area contributed by atoms with Crippen LogP contribution in [0.2, 0.25) is 0 Å². The van der Waals surface area contributed by atoms with E-state index >= 15 is 0 Å². The molecule has 1 N–H and O–H groups in total. The van der Waals surface area contributed by atoms with Gasteiger partial charge in [-0.1, -0.05) is 12.1 Å². The number of nitriles is 1. The van der Waals surface area contributed by atoms with Crippen LogP contribution in [0.25, 0.3) is 0 Å². The molecular weight excluding hydrogens is 212 g/mol. The summed E-state index contributed by atoms with van der Waals surface area (Å²) in [5, 5.41) is 12.1. The summed E-state index contributed by atoms with van der Waals surface area (Å²) in [5.74, 6) is 1.18. The molecule has 0 unspecified atom stereocenters. The SMILES string of the molecule is Cc1cccc(Nc2nc(C)ncc2C#N)c1. The molecule has 84 valence electrons. The Hall–Kier alpha value is -2.41. The van der Waals surface area contributed by atoms with Crippen LogP contribution in [-0.4, -0.2) is 9.97 Å². The van der Waals surface area contributed by atoms with Gasteiger partial charge in [-0.3, -0.25) is 0 Å². The number of rotatable bonds is 2. The molecule has 2 rings (SSSR count). The van der Waals surface area contributed by atoms with E-state index in [1.807, 2.05) is 31.2 Å². The van der Waals surface area contributed by atoms with Crippen LogP contribution in [0.4, 0.5) is 11.5 Å². The van der Waals surface area contributed by atoms with Crippen LogP contribution in [0.15, 0.2) is 30.5 Å². The first-order valence-corrected chi connectivity index (χ1v) is 5.26. The molecule has 2 aromatic rings. The zero-order chi connectivity index (χ0) is 12.3. The maximum Gasteiger partial charge on any atom is 0.152 e. The zero-order valence-corrected chi connectivity index (χ0v) is 9.73. The Balaban J connectivity index is 2.36. The monoisotopic (exact) mass is 224 g/mol. The summed E-state index contributed by atoms with van der Waals surface area (Å²) in [7, 11) is 0. The van der Waals surface area contributed by atoms with Crippen LogP contribution < -0.4 is 5.32 Å². The average Bonchev–Trinajstić information content (AvgIpc) is 2.29. The predicted octanol–water partition coefficient (Wildman–Crippen LogP) is 2.71. The quantitative estimate of drug-likeness (QED) is 0.851. The number of hydrogen-bond donors (Lipinski definition) is 1. The predicted molar refractivity (Wildman–Crippen MR) is 65.9 cm³/mol. The number of aromatic nitrogens is 2. The lowest BCUT2D eigenvalue weighted by molar-refractivity contribution is 1.05. The normalized spacial score (nSPS) is 9.71. The van der Waals surface area contributed by atoms with E-state index in [0.29, 0.717) is 17.2 Å². The highest BCUT2D eigenvalue weighted by Crippen LogP contribution is 2.18. The number of aryl methyl sites for hydroxylation is 2. The lowest BCUT2D eigenvalue weighted by Gasteiger charge is -2.08. The maximum absolute atomic E-state index is 8.97. The summed E-state index contributed by atoms with van der Waals surface area (Å²) in [6.45, 7) is 3.81. The first-order chi connectivity index (χ1) is 8.19. The van der Waals surface area contributed by atoms with Crippen molar-refractivity contribution in [1.29, 1.82) is 5.26 Å². The second-order valence-electron chi connectivity index (χ2n) is 3.79. The van der Waals surface area contributed by atoms with Gasteiger partial charge in [0.1, 0.15) is 17.5 Å². The van der Waals surface area contributed by atoms with Crippen molar-refractivity contribution in [2.75, 3.05) is 5.32 Å². The summed E-state index contributed by atoms with van der Waals surface area (Å²) in [5.41, 5.74) is 2.51. The summed E-state index contributed by atoms with van der Waals surface area (Å²) in [4.78, 5) is 8.22. The van der Waals surface area contributed by atoms with Crippen molar-refractivity contribution in [3.63, 3.8) is 0 Å². The third-order valence-electron chi connectivity index (χ3n) is 2.31. The molecule has 0 bridgehead atoms. The van der Waals surface area contributed by atoms with Gasteiger partial charge in [0, 0.05) is 5.69 Å². The van der Waals surface area contributed by atoms with Crippen LogP contribution in [0.1, 0.15) is 17.0 Å². The molecule has 4 nitrogen and oxygen atoms in total. The van der Waals surface area contributed by atoms with Crippen molar-refractivity contribution in [1.82, 2.24) is 9.97 Å². The molecule has 0 aliphatic heterocycles. The Bertz CT molecular complexity index is 584. The van der Waals surface area contributed by atoms with Crippen LogP contribution in [0, 0.1) is 25.2 Å². The summed E-state index contributed by atoms with van der Waals surface area (Å²) in [6.07, 6.45) is 1.53. The highest BCUT2D eigenvalue weighted by Gasteiger charge is 2.05. The molecule has 0 saturated carbocycles. The van der Waals surface area contributed by atoms with E-state index < -0.39 is 0 Å². The number of nitrogens with one attached hydrogen (secondary N) is 1. The number of hydrogen-bond acceptors (Lipinski definition) is 4. The first-order valence-electron chi connectivity index (χ1n) is 5.26. The Morgan fingerprint density at radius 3 is 2.82 bits per heavy atom. The lowest BCUT2D eigenvalue weighted by atomic mass is 10.2. The summed E-state index contributed by atoms with van der Waals surface area (Å²) < 4.78 is 0. The van der Waals surface area contributed by atoms with Crippen LogP contribution in [0.5, 0.6) is 0 Å². The minimum atomic E-state index is 0.442. The molecule has 0 aliphatic rings. The van der Waals surface area contributed by atoms with E-state index in [9.17, 15) is 0 Å². The van der Waals surface area contributed by atoms with Gasteiger partial charge in [-0.15, -0.1) is 0 Å². The van der Waals surface area contributed by atoms with Crippen molar-refractivity contribution in [2.24, 2.45) is 0 Å². The van der Waals surface area contributed by atoms with Gasteiger partial charge in [0.15, 0.2) is 5.82 Å². The average molecular weight is 224 g/mol. The fourth-order valence-electron chi connectivity index (χ4n) is 1.51. The molecule has 0 saturated heterocycles. The zero-order valence-electron chi connectivity index (χ0n) is 9.73. The van der Waals surface area contributed by atoms with Gasteiger partial charge >= 0.3 is 0 Å². The van der Waals surface area contributed by atoms with Crippen molar-refractivity contribution in [2.45, 2.75) is 13.8 Å². The Morgan fingerprint density at radius 2 is 2.12 bits per heavy atom. The van der Waals surface area contributed by atoms with E-state index in [1.165, 1.54) is 6.20 Å². The molecule has 0 amide bonds. The van der Waals surface area contributed by atoms with Crippen LogP contribution in [0.3, 0.4) is 0 Å². The van der Waals surface area contributed by atoms with Gasteiger partial charge in [0.05, 0.1) is 6.20 Å². The molecule has 0 spiro atoms. The van der Waals surface area contributed by atoms with Crippen molar-refractivity contribution < 1.29 is 0 Å². The maximum atomic E-state index is 8.97. The molecule has 1 aromatic heterocycles. The first kappa shape index (κ1) is 11.1. The van der Waals surface area contributed by atoms with Gasteiger partial charge in [0.2, 0.25) is 0 Å². The largest absolute Gasteiger partial charge is 0.339 e. The smallest absolute Gasteiger partial charge is 0.152 e. The molecule has 17 heavy (non-hydrogen) atoms. The van der Waals surface area contributed by atoms with Crippen molar-refractivity contribution in [3.05, 3.63) is 47.4 Å². The van der Waals surface area contributed by atoms with E-state index in [-0.39, 0.29) is 0 Å². The molecule has 0 radical (unpaired) electrons. The summed E-state index contributed by atoms with van der Waals surface area (Å²) >= 11 is 0. The molecule has 1 heterocycles. The fourth-order valence-corrected chi connectivity index (χ4v) is 1.51.